The molecule has 0 bridgehead atoms. The van der Waals surface area contributed by atoms with Gasteiger partial charge in [-0.2, -0.15) is 5.10 Å². The summed E-state index contributed by atoms with van der Waals surface area (Å²) in [4.78, 5) is 8.10. The number of aromatic nitrogens is 4. The van der Waals surface area contributed by atoms with Crippen LogP contribution in [0.2, 0.25) is 5.15 Å². The predicted octanol–water partition coefficient (Wildman–Crippen LogP) is 1.83. The molecule has 0 saturated heterocycles. The van der Waals surface area contributed by atoms with Crippen LogP contribution in [-0.2, 0) is 0 Å². The molecule has 0 aliphatic rings. The van der Waals surface area contributed by atoms with E-state index in [0.29, 0.717) is 11.0 Å². The predicted molar refractivity (Wildman–Crippen MR) is 49.4 cm³/mol. The minimum Gasteiger partial charge on any atom is -0.263 e. The van der Waals surface area contributed by atoms with E-state index in [-0.39, 0.29) is 0 Å². The first-order valence-electron chi connectivity index (χ1n) is 3.76. The lowest BCUT2D eigenvalue weighted by atomic mass is 10.3. The van der Waals surface area contributed by atoms with Gasteiger partial charge >= 0.3 is 0 Å². The van der Waals surface area contributed by atoms with Crippen molar-refractivity contribution in [3.05, 3.63) is 29.3 Å². The van der Waals surface area contributed by atoms with Gasteiger partial charge in [-0.1, -0.05) is 11.6 Å². The van der Waals surface area contributed by atoms with Crippen LogP contribution in [0.4, 0.5) is 0 Å². The molecule has 0 aromatic carbocycles. The number of nitrogens with zero attached hydrogens (tertiary/aromatic N) is 3. The molecule has 0 amide bonds. The Balaban J connectivity index is 2.41. The smallest absolute Gasteiger partial charge is 0.182 e. The Morgan fingerprint density at radius 2 is 2.23 bits per heavy atom. The van der Waals surface area contributed by atoms with Crippen molar-refractivity contribution in [1.82, 2.24) is 20.2 Å². The van der Waals surface area contributed by atoms with Crippen LogP contribution in [0.1, 0.15) is 5.82 Å². The second-order valence-electron chi connectivity index (χ2n) is 2.61. The summed E-state index contributed by atoms with van der Waals surface area (Å²) in [5, 5.41) is 7.22. The molecule has 0 unspecified atom stereocenters. The number of H-pyrrole nitrogens is 1. The Morgan fingerprint density at radius 1 is 1.38 bits per heavy atom. The van der Waals surface area contributed by atoms with E-state index in [4.69, 9.17) is 11.6 Å². The average Bonchev–Trinajstić information content (AvgIpc) is 2.53. The number of aryl methyl sites for hydroxylation is 1. The molecule has 2 rings (SSSR count). The van der Waals surface area contributed by atoms with Gasteiger partial charge in [-0.25, -0.2) is 9.97 Å². The summed E-state index contributed by atoms with van der Waals surface area (Å²) < 4.78 is 0. The maximum atomic E-state index is 5.64. The number of pyridine rings is 1. The topological polar surface area (TPSA) is 54.5 Å². The highest BCUT2D eigenvalue weighted by atomic mass is 35.5. The first-order chi connectivity index (χ1) is 6.25. The highest BCUT2D eigenvalue weighted by Gasteiger charge is 2.02. The molecule has 0 fully saturated rings. The van der Waals surface area contributed by atoms with E-state index in [1.165, 1.54) is 0 Å². The Labute approximate surface area is 80.0 Å². The lowest BCUT2D eigenvalue weighted by molar-refractivity contribution is 1.04. The van der Waals surface area contributed by atoms with Gasteiger partial charge < -0.3 is 0 Å². The van der Waals surface area contributed by atoms with Crippen LogP contribution in [0.5, 0.6) is 0 Å². The molecule has 0 aliphatic heterocycles. The largest absolute Gasteiger partial charge is 0.263 e. The van der Waals surface area contributed by atoms with E-state index >= 15 is 0 Å². The number of nitrogens with one attached hydrogen (secondary N) is 1. The van der Waals surface area contributed by atoms with Gasteiger partial charge in [-0.3, -0.25) is 5.10 Å². The molecule has 1 N–H and O–H groups in total. The van der Waals surface area contributed by atoms with E-state index in [1.54, 1.807) is 12.3 Å². The van der Waals surface area contributed by atoms with Crippen molar-refractivity contribution < 1.29 is 0 Å². The van der Waals surface area contributed by atoms with Gasteiger partial charge in [0.1, 0.15) is 11.0 Å². The second-order valence-corrected chi connectivity index (χ2v) is 3.00. The molecule has 0 atom stereocenters. The van der Waals surface area contributed by atoms with E-state index in [1.807, 2.05) is 13.0 Å². The van der Waals surface area contributed by atoms with Gasteiger partial charge in [0.15, 0.2) is 5.82 Å². The van der Waals surface area contributed by atoms with Gasteiger partial charge in [0.05, 0.1) is 0 Å². The normalized spacial score (nSPS) is 10.3. The summed E-state index contributed by atoms with van der Waals surface area (Å²) in [7, 11) is 0. The van der Waals surface area contributed by atoms with Crippen molar-refractivity contribution in [2.24, 2.45) is 0 Å². The first kappa shape index (κ1) is 8.19. The fourth-order valence-electron chi connectivity index (χ4n) is 0.980. The SMILES string of the molecule is Cc1nc(-c2ccc(Cl)nc2)n[nH]1. The van der Waals surface area contributed by atoms with E-state index in [9.17, 15) is 0 Å². The molecule has 5 heteroatoms. The molecule has 0 saturated carbocycles. The van der Waals surface area contributed by atoms with E-state index in [2.05, 4.69) is 20.2 Å². The number of hydrogen-bond acceptors (Lipinski definition) is 3. The summed E-state index contributed by atoms with van der Waals surface area (Å²) in [5.41, 5.74) is 0.855. The molecule has 66 valence electrons. The Morgan fingerprint density at radius 3 is 2.77 bits per heavy atom. The molecule has 2 aromatic rings. The Bertz CT molecular complexity index is 406. The minimum absolute atomic E-state index is 0.469. The molecular weight excluding hydrogens is 188 g/mol. The molecule has 2 aromatic heterocycles. The summed E-state index contributed by atoms with van der Waals surface area (Å²) in [5.74, 6) is 1.42. The van der Waals surface area contributed by atoms with Crippen LogP contribution < -0.4 is 0 Å². The molecule has 2 heterocycles. The van der Waals surface area contributed by atoms with Crippen LogP contribution in [0, 0.1) is 6.92 Å². The van der Waals surface area contributed by atoms with Gasteiger partial charge in [-0.05, 0) is 19.1 Å². The quantitative estimate of drug-likeness (QED) is 0.705. The van der Waals surface area contributed by atoms with Crippen molar-refractivity contribution in [1.29, 1.82) is 0 Å². The molecule has 0 spiro atoms. The highest BCUT2D eigenvalue weighted by Crippen LogP contribution is 2.14. The third-order valence-corrected chi connectivity index (χ3v) is 1.81. The maximum absolute atomic E-state index is 5.64. The van der Waals surface area contributed by atoms with Crippen LogP contribution in [-0.4, -0.2) is 20.2 Å². The standard InChI is InChI=1S/C8H7ClN4/c1-5-11-8(13-12-5)6-2-3-7(9)10-4-6/h2-4H,1H3,(H,11,12,13). The zero-order chi connectivity index (χ0) is 9.26. The summed E-state index contributed by atoms with van der Waals surface area (Å²) in [6.45, 7) is 1.85. The van der Waals surface area contributed by atoms with Gasteiger partial charge in [-0.15, -0.1) is 0 Å². The first-order valence-corrected chi connectivity index (χ1v) is 4.14. The van der Waals surface area contributed by atoms with Crippen molar-refractivity contribution in [3.63, 3.8) is 0 Å². The molecule has 13 heavy (non-hydrogen) atoms. The Hall–Kier alpha value is -1.42. The fraction of sp³-hybridized carbons (Fsp3) is 0.125. The van der Waals surface area contributed by atoms with Crippen molar-refractivity contribution in [2.75, 3.05) is 0 Å². The minimum atomic E-state index is 0.469. The van der Waals surface area contributed by atoms with Crippen molar-refractivity contribution in [3.8, 4) is 11.4 Å². The van der Waals surface area contributed by atoms with Crippen LogP contribution in [0.3, 0.4) is 0 Å². The van der Waals surface area contributed by atoms with Crippen LogP contribution in [0.25, 0.3) is 11.4 Å². The number of aromatic amines is 1. The molecule has 0 aliphatic carbocycles. The van der Waals surface area contributed by atoms with E-state index in [0.717, 1.165) is 11.4 Å². The maximum Gasteiger partial charge on any atom is 0.182 e. The molecule has 4 nitrogen and oxygen atoms in total. The molecular formula is C8H7ClN4. The number of rotatable bonds is 1. The third kappa shape index (κ3) is 1.67. The Kier molecular flexibility index (Phi) is 1.98. The lowest BCUT2D eigenvalue weighted by Crippen LogP contribution is -1.82. The molecule has 0 radical (unpaired) electrons. The number of halogens is 1. The van der Waals surface area contributed by atoms with Gasteiger partial charge in [0, 0.05) is 11.8 Å². The second kappa shape index (κ2) is 3.14. The van der Waals surface area contributed by atoms with Gasteiger partial charge in [0.25, 0.3) is 0 Å². The van der Waals surface area contributed by atoms with Gasteiger partial charge in [0.2, 0.25) is 0 Å². The zero-order valence-corrected chi connectivity index (χ0v) is 7.71. The summed E-state index contributed by atoms with van der Waals surface area (Å²) in [6.07, 6.45) is 1.64. The van der Waals surface area contributed by atoms with Crippen LogP contribution in [0.15, 0.2) is 18.3 Å². The summed E-state index contributed by atoms with van der Waals surface area (Å²) in [6, 6.07) is 3.54. The zero-order valence-electron chi connectivity index (χ0n) is 6.95. The van der Waals surface area contributed by atoms with E-state index < -0.39 is 0 Å². The monoisotopic (exact) mass is 194 g/mol. The van der Waals surface area contributed by atoms with Crippen LogP contribution >= 0.6 is 11.6 Å². The highest BCUT2D eigenvalue weighted by molar-refractivity contribution is 6.29. The van der Waals surface area contributed by atoms with Crippen molar-refractivity contribution >= 4 is 11.6 Å². The van der Waals surface area contributed by atoms with Crippen molar-refractivity contribution in [2.45, 2.75) is 6.92 Å². The lowest BCUT2D eigenvalue weighted by Gasteiger charge is -1.92. The average molecular weight is 195 g/mol. The third-order valence-electron chi connectivity index (χ3n) is 1.58. The number of hydrogen-bond donors (Lipinski definition) is 1. The fourth-order valence-corrected chi connectivity index (χ4v) is 1.09. The summed E-state index contributed by atoms with van der Waals surface area (Å²) >= 11 is 5.64.